The van der Waals surface area contributed by atoms with Crippen molar-refractivity contribution in [2.75, 3.05) is 13.1 Å². The highest BCUT2D eigenvalue weighted by Gasteiger charge is 2.27. The number of hydrogen-bond acceptors (Lipinski definition) is 2. The highest BCUT2D eigenvalue weighted by atomic mass is 35.5. The zero-order chi connectivity index (χ0) is 12.5. The maximum atomic E-state index is 12.3. The Labute approximate surface area is 115 Å². The van der Waals surface area contributed by atoms with Gasteiger partial charge in [0, 0.05) is 17.8 Å². The van der Waals surface area contributed by atoms with Crippen molar-refractivity contribution in [2.45, 2.75) is 18.2 Å². The van der Waals surface area contributed by atoms with Crippen LogP contribution >= 0.6 is 22.9 Å². The molecule has 1 aliphatic rings. The lowest BCUT2D eigenvalue weighted by atomic mass is 10.1. The second-order valence-electron chi connectivity index (χ2n) is 4.58. The number of alkyl halides is 1. The van der Waals surface area contributed by atoms with Gasteiger partial charge < -0.3 is 4.90 Å². The molecule has 18 heavy (non-hydrogen) atoms. The molecule has 0 aliphatic carbocycles. The molecule has 0 N–H and O–H groups in total. The van der Waals surface area contributed by atoms with Crippen molar-refractivity contribution < 1.29 is 4.79 Å². The van der Waals surface area contributed by atoms with Crippen LogP contribution in [-0.4, -0.2) is 23.9 Å². The molecule has 1 aromatic heterocycles. The van der Waals surface area contributed by atoms with Crippen LogP contribution < -0.4 is 0 Å². The Morgan fingerprint density at radius 2 is 2.00 bits per heavy atom. The number of nitrogens with zero attached hydrogens (tertiary/aromatic N) is 1. The van der Waals surface area contributed by atoms with Crippen LogP contribution in [0.5, 0.6) is 0 Å². The van der Waals surface area contributed by atoms with Gasteiger partial charge in [0.1, 0.15) is 5.38 Å². The van der Waals surface area contributed by atoms with Crippen molar-refractivity contribution in [1.29, 1.82) is 0 Å². The molecule has 1 atom stereocenters. The van der Waals surface area contributed by atoms with Gasteiger partial charge in [0.2, 0.25) is 5.91 Å². The largest absolute Gasteiger partial charge is 0.341 e. The lowest BCUT2D eigenvalue weighted by Crippen LogP contribution is -2.30. The van der Waals surface area contributed by atoms with Gasteiger partial charge in [-0.2, -0.15) is 0 Å². The van der Waals surface area contributed by atoms with Crippen molar-refractivity contribution in [3.8, 4) is 0 Å². The average Bonchev–Trinajstić information content (AvgIpc) is 3.06. The van der Waals surface area contributed by atoms with E-state index in [1.165, 1.54) is 4.70 Å². The number of carbonyl (C=O) groups excluding carboxylic acids is 1. The summed E-state index contributed by atoms with van der Waals surface area (Å²) < 4.78 is 1.19. The third-order valence-corrected chi connectivity index (χ3v) is 4.82. The summed E-state index contributed by atoms with van der Waals surface area (Å²) in [6.07, 6.45) is 2.19. The standard InChI is InChI=1S/C14H14ClNOS/c15-13(14(17)16-7-3-4-8-16)11-9-18-12-6-2-1-5-10(11)12/h1-2,5-6,9,13H,3-4,7-8H2. The van der Waals surface area contributed by atoms with Crippen LogP contribution in [0, 0.1) is 0 Å². The van der Waals surface area contributed by atoms with Gasteiger partial charge in [-0.3, -0.25) is 4.79 Å². The quantitative estimate of drug-likeness (QED) is 0.766. The first-order valence-corrected chi connectivity index (χ1v) is 7.48. The van der Waals surface area contributed by atoms with Gasteiger partial charge in [0.05, 0.1) is 0 Å². The summed E-state index contributed by atoms with van der Waals surface area (Å²) in [7, 11) is 0. The van der Waals surface area contributed by atoms with Crippen LogP contribution in [0.15, 0.2) is 29.6 Å². The Morgan fingerprint density at radius 3 is 2.78 bits per heavy atom. The topological polar surface area (TPSA) is 20.3 Å². The van der Waals surface area contributed by atoms with Gasteiger partial charge in [-0.1, -0.05) is 18.2 Å². The van der Waals surface area contributed by atoms with Crippen molar-refractivity contribution >= 4 is 38.9 Å². The molecule has 2 nitrogen and oxygen atoms in total. The van der Waals surface area contributed by atoms with E-state index in [1.807, 2.05) is 28.5 Å². The fraction of sp³-hybridized carbons (Fsp3) is 0.357. The number of carbonyl (C=O) groups is 1. The maximum Gasteiger partial charge on any atom is 0.245 e. The van der Waals surface area contributed by atoms with Crippen molar-refractivity contribution in [1.82, 2.24) is 4.90 Å². The number of fused-ring (bicyclic) bond motifs is 1. The SMILES string of the molecule is O=C(C(Cl)c1csc2ccccc12)N1CCCC1. The minimum Gasteiger partial charge on any atom is -0.341 e. The molecule has 1 aromatic carbocycles. The summed E-state index contributed by atoms with van der Waals surface area (Å²) in [5, 5.41) is 2.57. The van der Waals surface area contributed by atoms with E-state index in [1.54, 1.807) is 11.3 Å². The summed E-state index contributed by atoms with van der Waals surface area (Å²) in [6, 6.07) is 8.10. The predicted octanol–water partition coefficient (Wildman–Crippen LogP) is 3.80. The number of thiophene rings is 1. The van der Waals surface area contributed by atoms with E-state index in [9.17, 15) is 4.79 Å². The smallest absolute Gasteiger partial charge is 0.245 e. The number of hydrogen-bond donors (Lipinski definition) is 0. The molecule has 1 amide bonds. The van der Waals surface area contributed by atoms with Crippen molar-refractivity contribution in [2.24, 2.45) is 0 Å². The predicted molar refractivity (Wildman–Crippen MR) is 76.2 cm³/mol. The minimum absolute atomic E-state index is 0.0534. The second kappa shape index (κ2) is 4.90. The molecule has 3 rings (SSSR count). The second-order valence-corrected chi connectivity index (χ2v) is 5.93. The first-order chi connectivity index (χ1) is 8.77. The van der Waals surface area contributed by atoms with E-state index in [0.29, 0.717) is 0 Å². The van der Waals surface area contributed by atoms with Crippen LogP contribution in [0.1, 0.15) is 23.8 Å². The molecular formula is C14H14ClNOS. The molecule has 2 aromatic rings. The molecule has 0 spiro atoms. The van der Waals surface area contributed by atoms with Gasteiger partial charge >= 0.3 is 0 Å². The van der Waals surface area contributed by atoms with E-state index >= 15 is 0 Å². The van der Waals surface area contributed by atoms with Crippen LogP contribution in [-0.2, 0) is 4.79 Å². The summed E-state index contributed by atoms with van der Waals surface area (Å²) in [5.41, 5.74) is 0.953. The van der Waals surface area contributed by atoms with E-state index in [4.69, 9.17) is 11.6 Å². The number of likely N-dealkylation sites (tertiary alicyclic amines) is 1. The first kappa shape index (κ1) is 12.0. The summed E-state index contributed by atoms with van der Waals surface area (Å²) in [5.74, 6) is 0.0534. The van der Waals surface area contributed by atoms with Crippen LogP contribution in [0.4, 0.5) is 0 Å². The minimum atomic E-state index is -0.542. The van der Waals surface area contributed by atoms with E-state index in [-0.39, 0.29) is 5.91 Å². The van der Waals surface area contributed by atoms with Crippen LogP contribution in [0.25, 0.3) is 10.1 Å². The molecule has 1 saturated heterocycles. The molecule has 0 saturated carbocycles. The summed E-state index contributed by atoms with van der Waals surface area (Å²) in [4.78, 5) is 14.2. The Hall–Kier alpha value is -1.06. The van der Waals surface area contributed by atoms with Crippen molar-refractivity contribution in [3.63, 3.8) is 0 Å². The highest BCUT2D eigenvalue weighted by Crippen LogP contribution is 2.34. The van der Waals surface area contributed by atoms with Crippen molar-refractivity contribution in [3.05, 3.63) is 35.2 Å². The third kappa shape index (κ3) is 2.02. The Bertz CT molecular complexity index is 574. The van der Waals surface area contributed by atoms with Gasteiger partial charge in [-0.05, 0) is 35.2 Å². The number of amides is 1. The van der Waals surface area contributed by atoms with Crippen LogP contribution in [0.3, 0.4) is 0 Å². The Morgan fingerprint density at radius 1 is 1.28 bits per heavy atom. The fourth-order valence-electron chi connectivity index (χ4n) is 2.43. The molecule has 0 bridgehead atoms. The first-order valence-electron chi connectivity index (χ1n) is 6.16. The molecule has 1 aliphatic heterocycles. The normalized spacial score (nSPS) is 17.3. The molecule has 1 unspecified atom stereocenters. The van der Waals surface area contributed by atoms with Gasteiger partial charge in [0.15, 0.2) is 0 Å². The number of rotatable bonds is 2. The monoisotopic (exact) mass is 279 g/mol. The van der Waals surface area contributed by atoms with E-state index in [2.05, 4.69) is 6.07 Å². The van der Waals surface area contributed by atoms with E-state index < -0.39 is 5.38 Å². The zero-order valence-corrected chi connectivity index (χ0v) is 11.5. The summed E-state index contributed by atoms with van der Waals surface area (Å²) >= 11 is 8.02. The number of halogens is 1. The molecule has 94 valence electrons. The van der Waals surface area contributed by atoms with Crippen LogP contribution in [0.2, 0.25) is 0 Å². The molecule has 0 radical (unpaired) electrons. The molecule has 2 heterocycles. The lowest BCUT2D eigenvalue weighted by Gasteiger charge is -2.18. The average molecular weight is 280 g/mol. The Kier molecular flexibility index (Phi) is 3.27. The highest BCUT2D eigenvalue weighted by molar-refractivity contribution is 7.17. The maximum absolute atomic E-state index is 12.3. The fourth-order valence-corrected chi connectivity index (χ4v) is 3.81. The summed E-state index contributed by atoms with van der Waals surface area (Å²) in [6.45, 7) is 1.70. The molecular weight excluding hydrogens is 266 g/mol. The Balaban J connectivity index is 1.91. The third-order valence-electron chi connectivity index (χ3n) is 3.42. The van der Waals surface area contributed by atoms with Gasteiger partial charge in [-0.25, -0.2) is 0 Å². The lowest BCUT2D eigenvalue weighted by molar-refractivity contribution is -0.129. The molecule has 1 fully saturated rings. The molecule has 4 heteroatoms. The van der Waals surface area contributed by atoms with E-state index in [0.717, 1.165) is 36.9 Å². The number of benzene rings is 1. The van der Waals surface area contributed by atoms with Gasteiger partial charge in [0.25, 0.3) is 0 Å². The van der Waals surface area contributed by atoms with Gasteiger partial charge in [-0.15, -0.1) is 22.9 Å². The zero-order valence-electron chi connectivity index (χ0n) is 9.93.